The molecule has 0 aliphatic heterocycles. The van der Waals surface area contributed by atoms with E-state index in [4.69, 9.17) is 0 Å². The first-order chi connectivity index (χ1) is 9.44. The molecule has 0 saturated carbocycles. The molecule has 0 amide bonds. The van der Waals surface area contributed by atoms with Crippen molar-refractivity contribution in [2.45, 2.75) is 39.4 Å². The highest BCUT2D eigenvalue weighted by Gasteiger charge is 2.30. The number of anilines is 1. The molecule has 1 N–H and O–H groups in total. The van der Waals surface area contributed by atoms with E-state index in [1.165, 1.54) is 4.90 Å². The van der Waals surface area contributed by atoms with Crippen molar-refractivity contribution >= 4 is 5.82 Å². The predicted octanol–water partition coefficient (Wildman–Crippen LogP) is 3.68. The number of nitrogens with one attached hydrogen (secondary N) is 1. The van der Waals surface area contributed by atoms with Gasteiger partial charge in [-0.05, 0) is 31.0 Å². The summed E-state index contributed by atoms with van der Waals surface area (Å²) in [6, 6.07) is 3.63. The van der Waals surface area contributed by atoms with Gasteiger partial charge in [0, 0.05) is 19.3 Å². The smallest absolute Gasteiger partial charge is 0.370 e. The van der Waals surface area contributed by atoms with E-state index >= 15 is 0 Å². The Morgan fingerprint density at radius 3 is 2.45 bits per heavy atom. The molecule has 1 rings (SSSR count). The lowest BCUT2D eigenvalue weighted by Crippen LogP contribution is -2.34. The Morgan fingerprint density at radius 2 is 1.95 bits per heavy atom. The number of rotatable bonds is 8. The Morgan fingerprint density at radius 1 is 1.20 bits per heavy atom. The van der Waals surface area contributed by atoms with Crippen molar-refractivity contribution in [1.82, 2.24) is 9.88 Å². The lowest BCUT2D eigenvalue weighted by molar-refractivity contribution is -0.147. The van der Waals surface area contributed by atoms with Gasteiger partial charge >= 0.3 is 6.18 Å². The van der Waals surface area contributed by atoms with E-state index < -0.39 is 12.7 Å². The van der Waals surface area contributed by atoms with E-state index in [1.54, 1.807) is 6.20 Å². The lowest BCUT2D eigenvalue weighted by atomic mass is 10.2. The van der Waals surface area contributed by atoms with Gasteiger partial charge < -0.3 is 5.32 Å². The second kappa shape index (κ2) is 8.09. The number of alkyl halides is 3. The zero-order chi connectivity index (χ0) is 15.0. The average Bonchev–Trinajstić information content (AvgIpc) is 2.36. The van der Waals surface area contributed by atoms with Crippen LogP contribution in [0.15, 0.2) is 18.3 Å². The molecule has 0 bridgehead atoms. The first-order valence-electron chi connectivity index (χ1n) is 6.92. The van der Waals surface area contributed by atoms with Gasteiger partial charge in [-0.1, -0.05) is 19.9 Å². The van der Waals surface area contributed by atoms with Gasteiger partial charge in [-0.2, -0.15) is 13.2 Å². The Hall–Kier alpha value is -1.30. The Kier molecular flexibility index (Phi) is 6.78. The first kappa shape index (κ1) is 16.8. The van der Waals surface area contributed by atoms with Crippen LogP contribution in [0, 0.1) is 0 Å². The summed E-state index contributed by atoms with van der Waals surface area (Å²) in [6.45, 7) is 4.59. The predicted molar refractivity (Wildman–Crippen MR) is 74.6 cm³/mol. The maximum Gasteiger partial charge on any atom is 0.401 e. The van der Waals surface area contributed by atoms with Crippen molar-refractivity contribution in [3.05, 3.63) is 23.9 Å². The first-order valence-corrected chi connectivity index (χ1v) is 6.92. The molecular weight excluding hydrogens is 267 g/mol. The van der Waals surface area contributed by atoms with Gasteiger partial charge in [-0.25, -0.2) is 4.98 Å². The van der Waals surface area contributed by atoms with Crippen molar-refractivity contribution in [1.29, 1.82) is 0 Å². The molecule has 1 aromatic rings. The zero-order valence-corrected chi connectivity index (χ0v) is 12.0. The van der Waals surface area contributed by atoms with Crippen LogP contribution in [0.1, 0.15) is 32.3 Å². The summed E-state index contributed by atoms with van der Waals surface area (Å²) in [5.41, 5.74) is 0.796. The van der Waals surface area contributed by atoms with Crippen molar-refractivity contribution in [3.8, 4) is 0 Å². The van der Waals surface area contributed by atoms with Gasteiger partial charge in [0.2, 0.25) is 0 Å². The third-order valence-electron chi connectivity index (χ3n) is 2.73. The molecule has 114 valence electrons. The minimum Gasteiger partial charge on any atom is -0.370 e. The summed E-state index contributed by atoms with van der Waals surface area (Å²) in [4.78, 5) is 5.61. The number of aromatic nitrogens is 1. The third kappa shape index (κ3) is 6.75. The highest BCUT2D eigenvalue weighted by molar-refractivity contribution is 5.35. The topological polar surface area (TPSA) is 28.2 Å². The van der Waals surface area contributed by atoms with Gasteiger partial charge in [0.1, 0.15) is 5.82 Å². The van der Waals surface area contributed by atoms with Crippen molar-refractivity contribution in [2.24, 2.45) is 0 Å². The number of pyridine rings is 1. The Balaban J connectivity index is 2.59. The fourth-order valence-corrected chi connectivity index (χ4v) is 1.92. The number of nitrogens with zero attached hydrogens (tertiary/aromatic N) is 2. The molecule has 0 fully saturated rings. The maximum atomic E-state index is 12.5. The van der Waals surface area contributed by atoms with Crippen molar-refractivity contribution < 1.29 is 13.2 Å². The summed E-state index contributed by atoms with van der Waals surface area (Å²) in [5, 5.41) is 3.13. The molecule has 0 unspecified atom stereocenters. The van der Waals surface area contributed by atoms with Gasteiger partial charge in [-0.3, -0.25) is 4.90 Å². The van der Waals surface area contributed by atoms with Crippen molar-refractivity contribution in [3.63, 3.8) is 0 Å². The van der Waals surface area contributed by atoms with Crippen LogP contribution in [0.2, 0.25) is 0 Å². The molecular formula is C14H22F3N3. The highest BCUT2D eigenvalue weighted by atomic mass is 19.4. The second-order valence-corrected chi connectivity index (χ2v) is 4.80. The number of hydrogen-bond acceptors (Lipinski definition) is 3. The molecule has 6 heteroatoms. The summed E-state index contributed by atoms with van der Waals surface area (Å²) in [6.07, 6.45) is -0.832. The minimum atomic E-state index is -4.16. The molecule has 0 saturated heterocycles. The van der Waals surface area contributed by atoms with Crippen LogP contribution in [0.3, 0.4) is 0 Å². The largest absolute Gasteiger partial charge is 0.401 e. The van der Waals surface area contributed by atoms with E-state index in [1.807, 2.05) is 19.1 Å². The van der Waals surface area contributed by atoms with E-state index in [2.05, 4.69) is 17.2 Å². The quantitative estimate of drug-likeness (QED) is 0.791. The lowest BCUT2D eigenvalue weighted by Gasteiger charge is -2.23. The summed E-state index contributed by atoms with van der Waals surface area (Å²) >= 11 is 0. The van der Waals surface area contributed by atoms with Gasteiger partial charge in [-0.15, -0.1) is 0 Å². The van der Waals surface area contributed by atoms with E-state index in [9.17, 15) is 13.2 Å². The fraction of sp³-hybridized carbons (Fsp3) is 0.643. The summed E-state index contributed by atoms with van der Waals surface area (Å²) < 4.78 is 37.4. The Bertz CT molecular complexity index is 376. The second-order valence-electron chi connectivity index (χ2n) is 4.80. The Labute approximate surface area is 118 Å². The number of hydrogen-bond donors (Lipinski definition) is 1. The molecule has 1 heterocycles. The van der Waals surface area contributed by atoms with E-state index in [0.29, 0.717) is 13.0 Å². The van der Waals surface area contributed by atoms with Crippen LogP contribution in [0.25, 0.3) is 0 Å². The molecule has 0 aliphatic carbocycles. The zero-order valence-electron chi connectivity index (χ0n) is 12.0. The molecule has 1 aromatic heterocycles. The minimum absolute atomic E-state index is 0.272. The average molecular weight is 289 g/mol. The molecule has 0 aliphatic rings. The highest BCUT2D eigenvalue weighted by Crippen LogP contribution is 2.18. The van der Waals surface area contributed by atoms with Crippen LogP contribution in [-0.4, -0.2) is 35.7 Å². The molecule has 0 spiro atoms. The molecule has 0 aromatic carbocycles. The normalized spacial score (nSPS) is 11.9. The van der Waals surface area contributed by atoms with Crippen LogP contribution in [-0.2, 0) is 6.54 Å². The van der Waals surface area contributed by atoms with Gasteiger partial charge in [0.05, 0.1) is 6.54 Å². The standard InChI is InChI=1S/C14H22F3N3/c1-3-7-18-13-6-5-12(9-19-13)10-20(8-4-2)11-14(15,16)17/h5-6,9H,3-4,7-8,10-11H2,1-2H3,(H,18,19). The molecule has 20 heavy (non-hydrogen) atoms. The van der Waals surface area contributed by atoms with Crippen LogP contribution in [0.4, 0.5) is 19.0 Å². The fourth-order valence-electron chi connectivity index (χ4n) is 1.92. The van der Waals surface area contributed by atoms with Gasteiger partial charge in [0.15, 0.2) is 0 Å². The molecule has 0 atom stereocenters. The van der Waals surface area contributed by atoms with Gasteiger partial charge in [0.25, 0.3) is 0 Å². The molecule has 3 nitrogen and oxygen atoms in total. The summed E-state index contributed by atoms with van der Waals surface area (Å²) in [5.74, 6) is 0.758. The SMILES string of the molecule is CCCNc1ccc(CN(CCC)CC(F)(F)F)cn1. The summed E-state index contributed by atoms with van der Waals surface area (Å²) in [7, 11) is 0. The maximum absolute atomic E-state index is 12.5. The van der Waals surface area contributed by atoms with E-state index in [-0.39, 0.29) is 6.54 Å². The third-order valence-corrected chi connectivity index (χ3v) is 2.73. The number of halogens is 3. The monoisotopic (exact) mass is 289 g/mol. The van der Waals surface area contributed by atoms with Crippen LogP contribution < -0.4 is 5.32 Å². The molecule has 0 radical (unpaired) electrons. The van der Waals surface area contributed by atoms with E-state index in [0.717, 1.165) is 24.3 Å². The van der Waals surface area contributed by atoms with Crippen LogP contribution in [0.5, 0.6) is 0 Å². The van der Waals surface area contributed by atoms with Crippen molar-refractivity contribution in [2.75, 3.05) is 25.0 Å². The van der Waals surface area contributed by atoms with Crippen LogP contribution >= 0.6 is 0 Å².